The number of esters is 1. The van der Waals surface area contributed by atoms with Crippen LogP contribution < -0.4 is 5.32 Å². The fourth-order valence-corrected chi connectivity index (χ4v) is 2.40. The summed E-state index contributed by atoms with van der Waals surface area (Å²) in [5, 5.41) is 3.32. The van der Waals surface area contributed by atoms with E-state index in [9.17, 15) is 4.79 Å². The highest BCUT2D eigenvalue weighted by molar-refractivity contribution is 5.80. The molecule has 0 spiro atoms. The van der Waals surface area contributed by atoms with Crippen LogP contribution in [0, 0.1) is 5.92 Å². The first kappa shape index (κ1) is 17.4. The lowest BCUT2D eigenvalue weighted by Crippen LogP contribution is -2.52. The summed E-state index contributed by atoms with van der Waals surface area (Å²) in [5.74, 6) is 0.711. The van der Waals surface area contributed by atoms with Gasteiger partial charge in [0.15, 0.2) is 0 Å². The molecule has 0 heterocycles. The van der Waals surface area contributed by atoms with Crippen LogP contribution in [0.1, 0.15) is 59.8 Å². The first-order valence-corrected chi connectivity index (χ1v) is 8.05. The predicted octanol–water partition coefficient (Wildman–Crippen LogP) is 2.90. The number of nitrogens with one attached hydrogen (secondary N) is 1. The van der Waals surface area contributed by atoms with E-state index in [1.54, 1.807) is 0 Å². The van der Waals surface area contributed by atoms with Crippen molar-refractivity contribution in [3.8, 4) is 0 Å². The quantitative estimate of drug-likeness (QED) is 0.593. The topological polar surface area (TPSA) is 47.6 Å². The summed E-state index contributed by atoms with van der Waals surface area (Å²) in [4.78, 5) is 12.2. The Kier molecular flexibility index (Phi) is 7.52. The second-order valence-electron chi connectivity index (χ2n) is 6.10. The second-order valence-corrected chi connectivity index (χ2v) is 6.10. The zero-order valence-electron chi connectivity index (χ0n) is 13.5. The number of hydrogen-bond acceptors (Lipinski definition) is 4. The highest BCUT2D eigenvalue weighted by Crippen LogP contribution is 2.32. The first-order chi connectivity index (χ1) is 9.51. The van der Waals surface area contributed by atoms with Gasteiger partial charge in [-0.15, -0.1) is 0 Å². The number of carbonyl (C=O) groups is 1. The summed E-state index contributed by atoms with van der Waals surface area (Å²) < 4.78 is 11.0. The highest BCUT2D eigenvalue weighted by atomic mass is 16.5. The van der Waals surface area contributed by atoms with E-state index in [2.05, 4.69) is 12.2 Å². The Morgan fingerprint density at radius 2 is 2.10 bits per heavy atom. The number of ether oxygens (including phenoxy) is 2. The summed E-state index contributed by atoms with van der Waals surface area (Å²) in [7, 11) is 0. The van der Waals surface area contributed by atoms with Crippen molar-refractivity contribution in [2.24, 2.45) is 5.92 Å². The van der Waals surface area contributed by atoms with Gasteiger partial charge in [0.05, 0.1) is 12.7 Å². The molecule has 1 rings (SSSR count). The van der Waals surface area contributed by atoms with Crippen molar-refractivity contribution < 1.29 is 14.3 Å². The molecule has 0 amide bonds. The Morgan fingerprint density at radius 1 is 1.40 bits per heavy atom. The summed E-state index contributed by atoms with van der Waals surface area (Å²) in [6, 6.07) is 0. The van der Waals surface area contributed by atoms with Crippen LogP contribution in [0.15, 0.2) is 0 Å². The van der Waals surface area contributed by atoms with Gasteiger partial charge < -0.3 is 14.8 Å². The minimum atomic E-state index is -0.648. The molecular weight excluding hydrogens is 254 g/mol. The Labute approximate surface area is 123 Å². The van der Waals surface area contributed by atoms with Crippen molar-refractivity contribution in [2.45, 2.75) is 71.4 Å². The Bertz CT molecular complexity index is 291. The van der Waals surface area contributed by atoms with Crippen LogP contribution in [0.25, 0.3) is 0 Å². The van der Waals surface area contributed by atoms with Gasteiger partial charge in [-0.1, -0.05) is 19.8 Å². The fraction of sp³-hybridized carbons (Fsp3) is 0.938. The van der Waals surface area contributed by atoms with Crippen LogP contribution in [0.3, 0.4) is 0 Å². The molecule has 1 fully saturated rings. The average molecular weight is 285 g/mol. The maximum Gasteiger partial charge on any atom is 0.326 e. The molecular formula is C16H31NO3. The third-order valence-corrected chi connectivity index (χ3v) is 3.81. The van der Waals surface area contributed by atoms with Gasteiger partial charge in [-0.3, -0.25) is 4.79 Å². The zero-order chi connectivity index (χ0) is 15.0. The minimum absolute atomic E-state index is 0.0625. The molecule has 2 atom stereocenters. The minimum Gasteiger partial charge on any atom is -0.465 e. The van der Waals surface area contributed by atoms with E-state index in [0.29, 0.717) is 13.0 Å². The Morgan fingerprint density at radius 3 is 2.65 bits per heavy atom. The number of rotatable bonds is 11. The molecule has 4 nitrogen and oxygen atoms in total. The molecule has 0 radical (unpaired) electrons. The molecule has 20 heavy (non-hydrogen) atoms. The molecule has 1 aliphatic rings. The summed E-state index contributed by atoms with van der Waals surface area (Å²) in [6.07, 6.45) is 5.57. The monoisotopic (exact) mass is 285 g/mol. The van der Waals surface area contributed by atoms with Gasteiger partial charge >= 0.3 is 5.97 Å². The molecule has 2 unspecified atom stereocenters. The van der Waals surface area contributed by atoms with Gasteiger partial charge in [0, 0.05) is 13.0 Å². The largest absolute Gasteiger partial charge is 0.465 e. The standard InChI is InChI=1S/C16H31NO3/c1-5-10-17-16(4,15(18)19-6-2)12-13(3)20-11-9-14-7-8-14/h13-14,17H,5-12H2,1-4H3. The van der Waals surface area contributed by atoms with Crippen LogP contribution in [-0.4, -0.2) is 37.4 Å². The number of carbonyl (C=O) groups excluding carboxylic acids is 1. The van der Waals surface area contributed by atoms with E-state index in [1.165, 1.54) is 12.8 Å². The van der Waals surface area contributed by atoms with E-state index < -0.39 is 5.54 Å². The van der Waals surface area contributed by atoms with E-state index >= 15 is 0 Å². The third-order valence-electron chi connectivity index (χ3n) is 3.81. The van der Waals surface area contributed by atoms with E-state index in [4.69, 9.17) is 9.47 Å². The third kappa shape index (κ3) is 6.23. The fourth-order valence-electron chi connectivity index (χ4n) is 2.40. The second kappa shape index (κ2) is 8.63. The Hall–Kier alpha value is -0.610. The summed E-state index contributed by atoms with van der Waals surface area (Å²) in [6.45, 7) is 9.92. The summed E-state index contributed by atoms with van der Waals surface area (Å²) >= 11 is 0. The van der Waals surface area contributed by atoms with Gasteiger partial charge in [-0.25, -0.2) is 0 Å². The van der Waals surface area contributed by atoms with Crippen LogP contribution in [-0.2, 0) is 14.3 Å². The van der Waals surface area contributed by atoms with Crippen LogP contribution in [0.5, 0.6) is 0 Å². The summed E-state index contributed by atoms with van der Waals surface area (Å²) in [5.41, 5.74) is -0.648. The average Bonchev–Trinajstić information content (AvgIpc) is 3.20. The molecule has 1 saturated carbocycles. The molecule has 0 aliphatic heterocycles. The maximum absolute atomic E-state index is 12.2. The van der Waals surface area contributed by atoms with E-state index in [-0.39, 0.29) is 12.1 Å². The first-order valence-electron chi connectivity index (χ1n) is 8.05. The van der Waals surface area contributed by atoms with Crippen molar-refractivity contribution in [1.82, 2.24) is 5.32 Å². The van der Waals surface area contributed by atoms with Crippen molar-refractivity contribution in [2.75, 3.05) is 19.8 Å². The van der Waals surface area contributed by atoms with E-state index in [1.807, 2.05) is 20.8 Å². The molecule has 4 heteroatoms. The van der Waals surface area contributed by atoms with Gasteiger partial charge in [-0.2, -0.15) is 0 Å². The zero-order valence-corrected chi connectivity index (χ0v) is 13.5. The lowest BCUT2D eigenvalue weighted by Gasteiger charge is -2.31. The van der Waals surface area contributed by atoms with Gasteiger partial charge in [0.25, 0.3) is 0 Å². The molecule has 0 bridgehead atoms. The van der Waals surface area contributed by atoms with Crippen molar-refractivity contribution in [3.63, 3.8) is 0 Å². The highest BCUT2D eigenvalue weighted by Gasteiger charge is 2.36. The van der Waals surface area contributed by atoms with Gasteiger partial charge in [0.1, 0.15) is 5.54 Å². The molecule has 1 N–H and O–H groups in total. The smallest absolute Gasteiger partial charge is 0.326 e. The lowest BCUT2D eigenvalue weighted by molar-refractivity contribution is -0.152. The van der Waals surface area contributed by atoms with Crippen LogP contribution in [0.2, 0.25) is 0 Å². The molecule has 118 valence electrons. The Balaban J connectivity index is 2.41. The van der Waals surface area contributed by atoms with Gasteiger partial charge in [0.2, 0.25) is 0 Å². The molecule has 0 aromatic heterocycles. The van der Waals surface area contributed by atoms with Crippen molar-refractivity contribution in [1.29, 1.82) is 0 Å². The van der Waals surface area contributed by atoms with Crippen LogP contribution >= 0.6 is 0 Å². The molecule has 0 aromatic rings. The van der Waals surface area contributed by atoms with Crippen molar-refractivity contribution >= 4 is 5.97 Å². The van der Waals surface area contributed by atoms with Crippen LogP contribution in [0.4, 0.5) is 0 Å². The van der Waals surface area contributed by atoms with Gasteiger partial charge in [-0.05, 0) is 46.1 Å². The van der Waals surface area contributed by atoms with E-state index in [0.717, 1.165) is 31.9 Å². The molecule has 1 aliphatic carbocycles. The number of hydrogen-bond donors (Lipinski definition) is 1. The van der Waals surface area contributed by atoms with Crippen molar-refractivity contribution in [3.05, 3.63) is 0 Å². The molecule has 0 saturated heterocycles. The lowest BCUT2D eigenvalue weighted by atomic mass is 9.94. The molecule has 0 aromatic carbocycles. The predicted molar refractivity (Wildman–Crippen MR) is 80.7 cm³/mol. The maximum atomic E-state index is 12.2. The normalized spacial score (nSPS) is 19.4. The SMILES string of the molecule is CCCNC(C)(CC(C)OCCC1CC1)C(=O)OCC.